The summed E-state index contributed by atoms with van der Waals surface area (Å²) in [6.45, 7) is 0. The Kier molecular flexibility index (Phi) is 4.61. The minimum Gasteiger partial charge on any atom is -0.508 e. The number of phenolic OH excluding ortho intramolecular Hbond substituents is 1. The number of amides is 1. The van der Waals surface area contributed by atoms with Crippen molar-refractivity contribution >= 4 is 11.9 Å². The lowest BCUT2D eigenvalue weighted by Crippen LogP contribution is -2.42. The molecule has 0 saturated heterocycles. The van der Waals surface area contributed by atoms with E-state index in [4.69, 9.17) is 0 Å². The lowest BCUT2D eigenvalue weighted by molar-refractivity contribution is -0.142. The third-order valence-electron chi connectivity index (χ3n) is 3.78. The molecule has 1 saturated carbocycles. The van der Waals surface area contributed by atoms with E-state index in [0.29, 0.717) is 18.4 Å². The van der Waals surface area contributed by atoms with Gasteiger partial charge in [-0.05, 0) is 37.1 Å². The van der Waals surface area contributed by atoms with Crippen molar-refractivity contribution in [2.24, 2.45) is 5.92 Å². The van der Waals surface area contributed by atoms with Crippen LogP contribution in [0.4, 0.5) is 0 Å². The average Bonchev–Trinajstić information content (AvgIpc) is 2.65. The van der Waals surface area contributed by atoms with Gasteiger partial charge in [0, 0.05) is 11.6 Å². The van der Waals surface area contributed by atoms with Crippen LogP contribution in [-0.2, 0) is 4.79 Å². The van der Waals surface area contributed by atoms with Crippen molar-refractivity contribution < 1.29 is 19.8 Å². The topological polar surface area (TPSA) is 86.6 Å². The van der Waals surface area contributed by atoms with Crippen molar-refractivity contribution in [3.8, 4) is 5.75 Å². The van der Waals surface area contributed by atoms with Crippen molar-refractivity contribution in [1.29, 1.82) is 0 Å². The summed E-state index contributed by atoms with van der Waals surface area (Å²) in [5, 5.41) is 21.3. The Bertz CT molecular complexity index is 483. The van der Waals surface area contributed by atoms with Crippen LogP contribution in [-0.4, -0.2) is 28.1 Å². The summed E-state index contributed by atoms with van der Waals surface area (Å²) in [6, 6.07) is 5.61. The lowest BCUT2D eigenvalue weighted by Gasteiger charge is -2.22. The van der Waals surface area contributed by atoms with Crippen LogP contribution < -0.4 is 5.32 Å². The monoisotopic (exact) mass is 277 g/mol. The van der Waals surface area contributed by atoms with Crippen molar-refractivity contribution in [2.45, 2.75) is 38.1 Å². The molecule has 1 amide bonds. The van der Waals surface area contributed by atoms with E-state index in [2.05, 4.69) is 5.32 Å². The molecule has 5 nitrogen and oxygen atoms in total. The first-order valence-corrected chi connectivity index (χ1v) is 6.90. The molecule has 0 spiro atoms. The van der Waals surface area contributed by atoms with Crippen molar-refractivity contribution in [1.82, 2.24) is 5.32 Å². The van der Waals surface area contributed by atoms with E-state index in [9.17, 15) is 19.8 Å². The number of phenols is 1. The second-order valence-electron chi connectivity index (χ2n) is 5.21. The van der Waals surface area contributed by atoms with Crippen LogP contribution in [0.2, 0.25) is 0 Å². The molecule has 20 heavy (non-hydrogen) atoms. The van der Waals surface area contributed by atoms with Crippen molar-refractivity contribution in [3.05, 3.63) is 29.8 Å². The summed E-state index contributed by atoms with van der Waals surface area (Å²) in [6.07, 6.45) is 4.14. The number of aromatic hydroxyl groups is 1. The quantitative estimate of drug-likeness (QED) is 0.739. The molecule has 0 radical (unpaired) electrons. The number of hydrogen-bond acceptors (Lipinski definition) is 3. The van der Waals surface area contributed by atoms with E-state index < -0.39 is 11.9 Å². The van der Waals surface area contributed by atoms with Crippen LogP contribution in [0.15, 0.2) is 24.3 Å². The van der Waals surface area contributed by atoms with Crippen molar-refractivity contribution in [3.63, 3.8) is 0 Å². The van der Waals surface area contributed by atoms with E-state index in [1.165, 1.54) is 24.3 Å². The standard InChI is InChI=1S/C15H19NO4/c17-11-8-6-10(7-9-11)14(18)16-13-5-3-1-2-4-12(13)15(19)20/h6-9,12-13,17H,1-5H2,(H,16,18)(H,19,20). The highest BCUT2D eigenvalue weighted by atomic mass is 16.4. The third-order valence-corrected chi connectivity index (χ3v) is 3.78. The molecule has 1 aliphatic rings. The first-order valence-electron chi connectivity index (χ1n) is 6.90. The molecule has 2 unspecified atom stereocenters. The zero-order valence-electron chi connectivity index (χ0n) is 11.2. The number of rotatable bonds is 3. The number of aliphatic carboxylic acids is 1. The van der Waals surface area contributed by atoms with Gasteiger partial charge >= 0.3 is 5.97 Å². The largest absolute Gasteiger partial charge is 0.508 e. The first kappa shape index (κ1) is 14.4. The van der Waals surface area contributed by atoms with Gasteiger partial charge in [-0.15, -0.1) is 0 Å². The van der Waals surface area contributed by atoms with E-state index in [0.717, 1.165) is 19.3 Å². The molecule has 1 aromatic carbocycles. The second kappa shape index (κ2) is 6.41. The molecule has 0 bridgehead atoms. The highest BCUT2D eigenvalue weighted by Crippen LogP contribution is 2.24. The van der Waals surface area contributed by atoms with Gasteiger partial charge in [-0.25, -0.2) is 0 Å². The maximum atomic E-state index is 12.1. The summed E-state index contributed by atoms with van der Waals surface area (Å²) in [5.74, 6) is -1.55. The maximum Gasteiger partial charge on any atom is 0.308 e. The smallest absolute Gasteiger partial charge is 0.308 e. The van der Waals surface area contributed by atoms with Gasteiger partial charge < -0.3 is 15.5 Å². The summed E-state index contributed by atoms with van der Waals surface area (Å²) < 4.78 is 0. The summed E-state index contributed by atoms with van der Waals surface area (Å²) >= 11 is 0. The molecule has 3 N–H and O–H groups in total. The van der Waals surface area contributed by atoms with E-state index in [1.807, 2.05) is 0 Å². The highest BCUT2D eigenvalue weighted by Gasteiger charge is 2.30. The zero-order valence-corrected chi connectivity index (χ0v) is 11.2. The molecule has 1 aliphatic carbocycles. The summed E-state index contributed by atoms with van der Waals surface area (Å²) in [4.78, 5) is 23.4. The maximum absolute atomic E-state index is 12.1. The third kappa shape index (κ3) is 3.50. The normalized spacial score (nSPS) is 22.8. The van der Waals surface area contributed by atoms with Crippen LogP contribution in [0.25, 0.3) is 0 Å². The minimum absolute atomic E-state index is 0.0967. The van der Waals surface area contributed by atoms with Crippen LogP contribution in [0.1, 0.15) is 42.5 Å². The number of hydrogen-bond donors (Lipinski definition) is 3. The van der Waals surface area contributed by atoms with E-state index in [-0.39, 0.29) is 17.7 Å². The number of carbonyl (C=O) groups is 2. The predicted molar refractivity (Wildman–Crippen MR) is 73.6 cm³/mol. The fraction of sp³-hybridized carbons (Fsp3) is 0.467. The first-order chi connectivity index (χ1) is 9.58. The van der Waals surface area contributed by atoms with Crippen LogP contribution >= 0.6 is 0 Å². The Morgan fingerprint density at radius 2 is 1.70 bits per heavy atom. The minimum atomic E-state index is -0.845. The molecule has 1 fully saturated rings. The molecule has 0 aromatic heterocycles. The molecule has 2 rings (SSSR count). The highest BCUT2D eigenvalue weighted by molar-refractivity contribution is 5.94. The van der Waals surface area contributed by atoms with Gasteiger partial charge in [0.1, 0.15) is 5.75 Å². The molecule has 2 atom stereocenters. The van der Waals surface area contributed by atoms with Gasteiger partial charge in [-0.2, -0.15) is 0 Å². The molecule has 0 aliphatic heterocycles. The fourth-order valence-electron chi connectivity index (χ4n) is 2.64. The lowest BCUT2D eigenvalue weighted by atomic mass is 9.94. The van der Waals surface area contributed by atoms with Gasteiger partial charge in [0.15, 0.2) is 0 Å². The number of carboxylic acids is 1. The van der Waals surface area contributed by atoms with Crippen LogP contribution in [0.5, 0.6) is 5.75 Å². The van der Waals surface area contributed by atoms with E-state index >= 15 is 0 Å². The Morgan fingerprint density at radius 1 is 1.05 bits per heavy atom. The number of carboxylic acid groups (broad SMARTS) is 1. The zero-order chi connectivity index (χ0) is 14.5. The van der Waals surface area contributed by atoms with Gasteiger partial charge in [0.2, 0.25) is 0 Å². The van der Waals surface area contributed by atoms with Gasteiger partial charge in [-0.3, -0.25) is 9.59 Å². The average molecular weight is 277 g/mol. The Morgan fingerprint density at radius 3 is 2.35 bits per heavy atom. The van der Waals surface area contributed by atoms with Gasteiger partial charge in [0.05, 0.1) is 5.92 Å². The molecule has 108 valence electrons. The molecular formula is C15H19NO4. The van der Waals surface area contributed by atoms with Crippen molar-refractivity contribution in [2.75, 3.05) is 0 Å². The van der Waals surface area contributed by atoms with Crippen LogP contribution in [0.3, 0.4) is 0 Å². The SMILES string of the molecule is O=C(NC1CCCCCC1C(=O)O)c1ccc(O)cc1. The molecule has 0 heterocycles. The summed E-state index contributed by atoms with van der Waals surface area (Å²) in [7, 11) is 0. The summed E-state index contributed by atoms with van der Waals surface area (Å²) in [5.41, 5.74) is 0.427. The van der Waals surface area contributed by atoms with Gasteiger partial charge in [-0.1, -0.05) is 19.3 Å². The number of benzene rings is 1. The van der Waals surface area contributed by atoms with E-state index in [1.54, 1.807) is 0 Å². The van der Waals surface area contributed by atoms with Gasteiger partial charge in [0.25, 0.3) is 5.91 Å². The number of carbonyl (C=O) groups excluding carboxylic acids is 1. The molecule has 1 aromatic rings. The van der Waals surface area contributed by atoms with Crippen LogP contribution in [0, 0.1) is 5.92 Å². The molecular weight excluding hydrogens is 258 g/mol. The number of nitrogens with one attached hydrogen (secondary N) is 1. The fourth-order valence-corrected chi connectivity index (χ4v) is 2.64. The Balaban J connectivity index is 2.07. The Labute approximate surface area is 117 Å². The predicted octanol–water partition coefficient (Wildman–Crippen LogP) is 2.16. The second-order valence-corrected chi connectivity index (χ2v) is 5.21. The molecule has 5 heteroatoms. The Hall–Kier alpha value is -2.04.